The largest absolute Gasteiger partial charge is 0.478 e. The molecule has 0 fully saturated rings. The van der Waals surface area contributed by atoms with E-state index in [1.54, 1.807) is 18.2 Å². The summed E-state index contributed by atoms with van der Waals surface area (Å²) in [6.45, 7) is 1.86. The molecule has 1 atom stereocenters. The van der Waals surface area contributed by atoms with Gasteiger partial charge >= 0.3 is 5.97 Å². The van der Waals surface area contributed by atoms with Crippen molar-refractivity contribution in [3.8, 4) is 11.1 Å². The number of carboxylic acid groups (broad SMARTS) is 1. The Labute approximate surface area is 240 Å². The first-order chi connectivity index (χ1) is 19.9. The predicted molar refractivity (Wildman–Crippen MR) is 161 cm³/mol. The van der Waals surface area contributed by atoms with Gasteiger partial charge in [0.2, 0.25) is 0 Å². The second kappa shape index (κ2) is 10.9. The Bertz CT molecular complexity index is 1920. The minimum Gasteiger partial charge on any atom is -0.478 e. The van der Waals surface area contributed by atoms with Crippen LogP contribution in [0.5, 0.6) is 0 Å². The van der Waals surface area contributed by atoms with Crippen LogP contribution >= 0.6 is 11.5 Å². The minimum atomic E-state index is -1.00. The molecule has 6 rings (SSSR count). The molecule has 0 aliphatic heterocycles. The van der Waals surface area contributed by atoms with Crippen LogP contribution in [0.3, 0.4) is 0 Å². The molecule has 202 valence electrons. The number of rotatable bonds is 7. The average molecular weight is 561 g/mol. The Hall–Kier alpha value is -4.88. The van der Waals surface area contributed by atoms with E-state index in [4.69, 9.17) is 4.37 Å². The second-order valence-electron chi connectivity index (χ2n) is 9.99. The molecule has 0 aliphatic rings. The zero-order valence-electron chi connectivity index (χ0n) is 22.1. The van der Waals surface area contributed by atoms with Gasteiger partial charge in [0, 0.05) is 17.2 Å². The van der Waals surface area contributed by atoms with Gasteiger partial charge in [-0.2, -0.15) is 4.37 Å². The highest BCUT2D eigenvalue weighted by atomic mass is 32.1. The number of carbonyl (C=O) groups is 2. The number of hydrogen-bond acceptors (Lipinski definition) is 4. The Kier molecular flexibility index (Phi) is 7.03. The highest BCUT2D eigenvalue weighted by Crippen LogP contribution is 2.34. The van der Waals surface area contributed by atoms with Crippen LogP contribution in [0, 0.1) is 5.82 Å². The number of hydrogen-bond donors (Lipinski definition) is 2. The van der Waals surface area contributed by atoms with Crippen LogP contribution in [0.2, 0.25) is 0 Å². The van der Waals surface area contributed by atoms with Gasteiger partial charge in [-0.3, -0.25) is 4.79 Å². The number of fused-ring (bicyclic) bond motifs is 2. The van der Waals surface area contributed by atoms with E-state index in [1.807, 2.05) is 73.7 Å². The quantitative estimate of drug-likeness (QED) is 0.207. The van der Waals surface area contributed by atoms with Crippen LogP contribution < -0.4 is 5.32 Å². The molecule has 0 saturated heterocycles. The fourth-order valence-electron chi connectivity index (χ4n) is 5.12. The molecular formula is C34H25FN2O3S. The average Bonchev–Trinajstić information content (AvgIpc) is 3.39. The Morgan fingerprint density at radius 2 is 1.63 bits per heavy atom. The Balaban J connectivity index is 1.40. The van der Waals surface area contributed by atoms with Gasteiger partial charge in [-0.25, -0.2) is 9.18 Å². The summed E-state index contributed by atoms with van der Waals surface area (Å²) in [6, 6.07) is 30.7. The van der Waals surface area contributed by atoms with Crippen molar-refractivity contribution >= 4 is 44.3 Å². The minimum absolute atomic E-state index is 0.184. The molecule has 2 N–H and O–H groups in total. The third-order valence-electron chi connectivity index (χ3n) is 7.24. The van der Waals surface area contributed by atoms with Crippen LogP contribution in [-0.2, 0) is 6.42 Å². The zero-order chi connectivity index (χ0) is 28.5. The van der Waals surface area contributed by atoms with Crippen molar-refractivity contribution in [3.05, 3.63) is 137 Å². The number of carboxylic acids is 1. The summed E-state index contributed by atoms with van der Waals surface area (Å²) in [4.78, 5) is 25.1. The van der Waals surface area contributed by atoms with E-state index in [1.165, 1.54) is 29.7 Å². The number of benzene rings is 5. The number of nitrogens with one attached hydrogen (secondary N) is 1. The maximum absolute atomic E-state index is 14.9. The van der Waals surface area contributed by atoms with Crippen LogP contribution in [0.15, 0.2) is 103 Å². The molecule has 1 heterocycles. The lowest BCUT2D eigenvalue weighted by Crippen LogP contribution is -2.27. The molecule has 6 aromatic rings. The summed E-state index contributed by atoms with van der Waals surface area (Å²) < 4.78 is 20.5. The highest BCUT2D eigenvalue weighted by Gasteiger charge is 2.21. The molecule has 0 aliphatic carbocycles. The lowest BCUT2D eigenvalue weighted by atomic mass is 9.96. The molecule has 1 amide bonds. The van der Waals surface area contributed by atoms with Crippen LogP contribution in [0.25, 0.3) is 32.0 Å². The molecular weight excluding hydrogens is 535 g/mol. The maximum Gasteiger partial charge on any atom is 0.335 e. The van der Waals surface area contributed by atoms with E-state index in [0.29, 0.717) is 23.1 Å². The normalized spacial score (nSPS) is 12.0. The lowest BCUT2D eigenvalue weighted by molar-refractivity contribution is 0.0696. The lowest BCUT2D eigenvalue weighted by Gasteiger charge is -2.16. The third kappa shape index (κ3) is 5.32. The van der Waals surface area contributed by atoms with Gasteiger partial charge in [0.15, 0.2) is 0 Å². The van der Waals surface area contributed by atoms with Crippen LogP contribution in [0.1, 0.15) is 50.5 Å². The zero-order valence-corrected chi connectivity index (χ0v) is 22.9. The van der Waals surface area contributed by atoms with Crippen molar-refractivity contribution < 1.29 is 19.1 Å². The van der Waals surface area contributed by atoms with Crippen molar-refractivity contribution in [2.24, 2.45) is 0 Å². The summed E-state index contributed by atoms with van der Waals surface area (Å²) in [7, 11) is 0. The van der Waals surface area contributed by atoms with Gasteiger partial charge in [-0.15, -0.1) is 0 Å². The predicted octanol–water partition coefficient (Wildman–Crippen LogP) is 8.04. The molecule has 7 heteroatoms. The van der Waals surface area contributed by atoms with Gasteiger partial charge in [-0.1, -0.05) is 72.8 Å². The van der Waals surface area contributed by atoms with Gasteiger partial charge in [0.1, 0.15) is 5.82 Å². The van der Waals surface area contributed by atoms with Gasteiger partial charge in [-0.05, 0) is 76.4 Å². The van der Waals surface area contributed by atoms with Gasteiger partial charge in [0.05, 0.1) is 27.6 Å². The molecule has 0 spiro atoms. The summed E-state index contributed by atoms with van der Waals surface area (Å²) >= 11 is 1.32. The fraction of sp³-hybridized carbons (Fsp3) is 0.0882. The number of aromatic nitrogens is 1. The molecule has 0 bridgehead atoms. The first-order valence-electron chi connectivity index (χ1n) is 13.2. The summed E-state index contributed by atoms with van der Waals surface area (Å²) in [6.07, 6.45) is 0.374. The van der Waals surface area contributed by atoms with E-state index in [9.17, 15) is 19.1 Å². The number of amides is 1. The fourth-order valence-corrected chi connectivity index (χ4v) is 5.98. The van der Waals surface area contributed by atoms with Crippen molar-refractivity contribution in [2.45, 2.75) is 19.4 Å². The van der Waals surface area contributed by atoms with Gasteiger partial charge < -0.3 is 10.4 Å². The van der Waals surface area contributed by atoms with Crippen molar-refractivity contribution in [1.29, 1.82) is 0 Å². The third-order valence-corrected chi connectivity index (χ3v) is 8.07. The molecule has 41 heavy (non-hydrogen) atoms. The summed E-state index contributed by atoms with van der Waals surface area (Å²) in [5.74, 6) is -1.56. The molecule has 0 unspecified atom stereocenters. The number of aromatic carboxylic acids is 1. The van der Waals surface area contributed by atoms with Crippen LogP contribution in [-0.4, -0.2) is 21.4 Å². The molecule has 0 radical (unpaired) electrons. The van der Waals surface area contributed by atoms with E-state index < -0.39 is 5.97 Å². The Morgan fingerprint density at radius 3 is 2.39 bits per heavy atom. The first-order valence-corrected chi connectivity index (χ1v) is 13.9. The van der Waals surface area contributed by atoms with E-state index in [-0.39, 0.29) is 23.3 Å². The standard InChI is InChI=1S/C34H25FN2O3S/c1-20(22-11-13-24(14-12-22)34(39)40)36-33(38)28-18-26(23-7-3-2-4-8-23)19-31-32(28)30(37-41-31)17-21-15-25-9-5-6-10-27(25)29(35)16-21/h2-16,18-20H,17H2,1H3,(H,36,38)(H,39,40)/t20-/m0/s1. The molecule has 5 aromatic carbocycles. The topological polar surface area (TPSA) is 79.3 Å². The number of halogens is 1. The molecule has 0 saturated carbocycles. The Morgan fingerprint density at radius 1 is 0.902 bits per heavy atom. The van der Waals surface area contributed by atoms with Gasteiger partial charge in [0.25, 0.3) is 5.91 Å². The van der Waals surface area contributed by atoms with E-state index in [2.05, 4.69) is 5.32 Å². The van der Waals surface area contributed by atoms with Crippen molar-refractivity contribution in [3.63, 3.8) is 0 Å². The molecule has 1 aromatic heterocycles. The summed E-state index contributed by atoms with van der Waals surface area (Å²) in [5, 5.41) is 14.4. The van der Waals surface area contributed by atoms with Crippen LogP contribution in [0.4, 0.5) is 4.39 Å². The van der Waals surface area contributed by atoms with E-state index in [0.717, 1.165) is 37.7 Å². The SMILES string of the molecule is C[C@H](NC(=O)c1cc(-c2ccccc2)cc2snc(Cc3cc(F)c4ccccc4c3)c12)c1ccc(C(=O)O)cc1. The smallest absolute Gasteiger partial charge is 0.335 e. The highest BCUT2D eigenvalue weighted by molar-refractivity contribution is 7.13. The summed E-state index contributed by atoms with van der Waals surface area (Å²) in [5.41, 5.74) is 4.82. The van der Waals surface area contributed by atoms with Crippen molar-refractivity contribution in [2.75, 3.05) is 0 Å². The van der Waals surface area contributed by atoms with E-state index >= 15 is 0 Å². The monoisotopic (exact) mass is 560 g/mol. The molecule has 5 nitrogen and oxygen atoms in total. The maximum atomic E-state index is 14.9. The second-order valence-corrected chi connectivity index (χ2v) is 10.8. The van der Waals surface area contributed by atoms with Crippen molar-refractivity contribution in [1.82, 2.24) is 9.69 Å². The first kappa shape index (κ1) is 26.3. The number of nitrogens with zero attached hydrogens (tertiary/aromatic N) is 1. The number of carbonyl (C=O) groups excluding carboxylic acids is 1.